The predicted octanol–water partition coefficient (Wildman–Crippen LogP) is 3.54. The lowest BCUT2D eigenvalue weighted by Crippen LogP contribution is -1.96. The van der Waals surface area contributed by atoms with Crippen molar-refractivity contribution in [1.82, 2.24) is 4.98 Å². The molecule has 94 valence electrons. The number of hydrogen-bond acceptors (Lipinski definition) is 2. The lowest BCUT2D eigenvalue weighted by Gasteiger charge is -2.00. The van der Waals surface area contributed by atoms with Crippen LogP contribution in [0, 0.1) is 6.92 Å². The van der Waals surface area contributed by atoms with E-state index >= 15 is 0 Å². The molecule has 0 spiro atoms. The summed E-state index contributed by atoms with van der Waals surface area (Å²) in [6.07, 6.45) is 6.75. The minimum atomic E-state index is 0.220. The van der Waals surface area contributed by atoms with E-state index in [4.69, 9.17) is 0 Å². The molecule has 2 N–H and O–H groups in total. The summed E-state index contributed by atoms with van der Waals surface area (Å²) in [5.74, 6) is 0.220. The summed E-state index contributed by atoms with van der Waals surface area (Å²) < 4.78 is 0. The van der Waals surface area contributed by atoms with Crippen LogP contribution < -0.4 is 0 Å². The van der Waals surface area contributed by atoms with Gasteiger partial charge in [0.15, 0.2) is 5.88 Å². The summed E-state index contributed by atoms with van der Waals surface area (Å²) in [6.45, 7) is 2.06. The summed E-state index contributed by atoms with van der Waals surface area (Å²) in [5, 5.41) is 11.0. The zero-order valence-corrected chi connectivity index (χ0v) is 10.6. The highest BCUT2D eigenvalue weighted by Gasteiger charge is 2.14. The molecule has 0 radical (unpaired) electrons. The number of aromatic amines is 1. The fourth-order valence-corrected chi connectivity index (χ4v) is 2.68. The molecule has 1 saturated carbocycles. The van der Waals surface area contributed by atoms with Gasteiger partial charge in [-0.3, -0.25) is 4.99 Å². The second-order valence-corrected chi connectivity index (χ2v) is 5.15. The number of benzene rings is 1. The van der Waals surface area contributed by atoms with Crippen molar-refractivity contribution in [3.63, 3.8) is 0 Å². The molecule has 1 aromatic carbocycles. The second-order valence-electron chi connectivity index (χ2n) is 5.15. The Kier molecular flexibility index (Phi) is 2.82. The van der Waals surface area contributed by atoms with E-state index in [1.807, 2.05) is 18.3 Å². The van der Waals surface area contributed by atoms with Crippen LogP contribution in [0.15, 0.2) is 23.2 Å². The van der Waals surface area contributed by atoms with Gasteiger partial charge in [0.1, 0.15) is 0 Å². The van der Waals surface area contributed by atoms with Crippen LogP contribution in [0.5, 0.6) is 5.88 Å². The Bertz CT molecular complexity index is 592. The average Bonchev–Trinajstić information content (AvgIpc) is 2.94. The minimum absolute atomic E-state index is 0.220. The molecule has 0 atom stereocenters. The van der Waals surface area contributed by atoms with Crippen LogP contribution in [0.2, 0.25) is 0 Å². The third kappa shape index (κ3) is 2.01. The number of aromatic hydroxyl groups is 1. The smallest absolute Gasteiger partial charge is 0.198 e. The van der Waals surface area contributed by atoms with Gasteiger partial charge in [-0.15, -0.1) is 0 Å². The highest BCUT2D eigenvalue weighted by atomic mass is 16.3. The highest BCUT2D eigenvalue weighted by molar-refractivity contribution is 6.02. The molecule has 0 amide bonds. The predicted molar refractivity (Wildman–Crippen MR) is 74.6 cm³/mol. The van der Waals surface area contributed by atoms with E-state index in [2.05, 4.69) is 23.0 Å². The molecule has 0 saturated heterocycles. The van der Waals surface area contributed by atoms with Gasteiger partial charge in [0, 0.05) is 23.2 Å². The Morgan fingerprint density at radius 1 is 1.33 bits per heavy atom. The molecule has 3 rings (SSSR count). The molecule has 2 aromatic rings. The zero-order valence-electron chi connectivity index (χ0n) is 10.6. The number of rotatable bonds is 2. The first-order valence-corrected chi connectivity index (χ1v) is 6.58. The van der Waals surface area contributed by atoms with Gasteiger partial charge in [-0.1, -0.05) is 24.5 Å². The second kappa shape index (κ2) is 4.48. The standard InChI is InChI=1S/C15H18N2O/c1-10-6-7-14-12(8-10)13(15(18)17-14)9-16-11-4-2-3-5-11/h6-9,11,17-18H,2-5H2,1H3. The zero-order chi connectivity index (χ0) is 12.5. The normalized spacial score (nSPS) is 17.2. The van der Waals surface area contributed by atoms with Crippen molar-refractivity contribution in [3.05, 3.63) is 29.3 Å². The van der Waals surface area contributed by atoms with E-state index < -0.39 is 0 Å². The van der Waals surface area contributed by atoms with E-state index in [-0.39, 0.29) is 5.88 Å². The first-order chi connectivity index (χ1) is 8.74. The number of fused-ring (bicyclic) bond motifs is 1. The van der Waals surface area contributed by atoms with Crippen LogP contribution in [0.25, 0.3) is 10.9 Å². The molecule has 0 unspecified atom stereocenters. The van der Waals surface area contributed by atoms with Crippen LogP contribution in [-0.2, 0) is 0 Å². The number of nitrogens with one attached hydrogen (secondary N) is 1. The fourth-order valence-electron chi connectivity index (χ4n) is 2.68. The van der Waals surface area contributed by atoms with Gasteiger partial charge in [-0.2, -0.15) is 0 Å². The summed E-state index contributed by atoms with van der Waals surface area (Å²) in [6, 6.07) is 6.56. The number of aromatic nitrogens is 1. The third-order valence-electron chi connectivity index (χ3n) is 3.71. The Labute approximate surface area is 107 Å². The lowest BCUT2D eigenvalue weighted by atomic mass is 10.1. The molecule has 1 heterocycles. The van der Waals surface area contributed by atoms with E-state index in [9.17, 15) is 5.11 Å². The van der Waals surface area contributed by atoms with E-state index in [0.717, 1.165) is 16.5 Å². The number of aliphatic imine (C=N–C) groups is 1. The van der Waals surface area contributed by atoms with Crippen molar-refractivity contribution < 1.29 is 5.11 Å². The average molecular weight is 242 g/mol. The summed E-state index contributed by atoms with van der Waals surface area (Å²) >= 11 is 0. The van der Waals surface area contributed by atoms with Crippen molar-refractivity contribution in [3.8, 4) is 5.88 Å². The molecular weight excluding hydrogens is 224 g/mol. The van der Waals surface area contributed by atoms with Crippen LogP contribution in [0.1, 0.15) is 36.8 Å². The topological polar surface area (TPSA) is 48.4 Å². The Hall–Kier alpha value is -1.77. The Morgan fingerprint density at radius 2 is 2.11 bits per heavy atom. The highest BCUT2D eigenvalue weighted by Crippen LogP contribution is 2.27. The quantitative estimate of drug-likeness (QED) is 0.777. The molecule has 3 heteroatoms. The largest absolute Gasteiger partial charge is 0.494 e. The van der Waals surface area contributed by atoms with Gasteiger partial charge in [-0.05, 0) is 31.9 Å². The number of hydrogen-bond donors (Lipinski definition) is 2. The minimum Gasteiger partial charge on any atom is -0.494 e. The Morgan fingerprint density at radius 3 is 2.89 bits per heavy atom. The lowest BCUT2D eigenvalue weighted by molar-refractivity contribution is 0.457. The van der Waals surface area contributed by atoms with Gasteiger partial charge < -0.3 is 10.1 Å². The van der Waals surface area contributed by atoms with Crippen LogP contribution in [0.3, 0.4) is 0 Å². The molecule has 1 aromatic heterocycles. The van der Waals surface area contributed by atoms with Gasteiger partial charge >= 0.3 is 0 Å². The monoisotopic (exact) mass is 242 g/mol. The van der Waals surface area contributed by atoms with Crippen molar-refractivity contribution >= 4 is 17.1 Å². The molecular formula is C15H18N2O. The van der Waals surface area contributed by atoms with E-state index in [0.29, 0.717) is 6.04 Å². The number of nitrogens with zero attached hydrogens (tertiary/aromatic N) is 1. The molecule has 0 bridgehead atoms. The maximum Gasteiger partial charge on any atom is 0.198 e. The molecule has 1 fully saturated rings. The van der Waals surface area contributed by atoms with Crippen molar-refractivity contribution in [2.45, 2.75) is 38.6 Å². The fraction of sp³-hybridized carbons (Fsp3) is 0.400. The van der Waals surface area contributed by atoms with Gasteiger partial charge in [0.05, 0.1) is 5.56 Å². The first-order valence-electron chi connectivity index (χ1n) is 6.58. The number of H-pyrrole nitrogens is 1. The summed E-state index contributed by atoms with van der Waals surface area (Å²) in [5.41, 5.74) is 2.98. The maximum absolute atomic E-state index is 9.95. The molecule has 0 aliphatic heterocycles. The molecule has 3 nitrogen and oxygen atoms in total. The molecule has 18 heavy (non-hydrogen) atoms. The van der Waals surface area contributed by atoms with Crippen LogP contribution in [-0.4, -0.2) is 22.3 Å². The van der Waals surface area contributed by atoms with Crippen LogP contribution in [0.4, 0.5) is 0 Å². The molecule has 1 aliphatic carbocycles. The van der Waals surface area contributed by atoms with Crippen molar-refractivity contribution in [2.75, 3.05) is 0 Å². The number of aryl methyl sites for hydroxylation is 1. The SMILES string of the molecule is Cc1ccc2[nH]c(O)c(C=NC3CCCC3)c2c1. The third-order valence-corrected chi connectivity index (χ3v) is 3.71. The van der Waals surface area contributed by atoms with Gasteiger partial charge in [-0.25, -0.2) is 0 Å². The van der Waals surface area contributed by atoms with E-state index in [1.54, 1.807) is 0 Å². The van der Waals surface area contributed by atoms with Crippen molar-refractivity contribution in [2.24, 2.45) is 4.99 Å². The van der Waals surface area contributed by atoms with Crippen LogP contribution >= 0.6 is 0 Å². The molecule has 1 aliphatic rings. The maximum atomic E-state index is 9.95. The van der Waals surface area contributed by atoms with Crippen molar-refractivity contribution in [1.29, 1.82) is 0 Å². The summed E-state index contributed by atoms with van der Waals surface area (Å²) in [7, 11) is 0. The van der Waals surface area contributed by atoms with Gasteiger partial charge in [0.25, 0.3) is 0 Å². The van der Waals surface area contributed by atoms with Gasteiger partial charge in [0.2, 0.25) is 0 Å². The Balaban J connectivity index is 1.99. The summed E-state index contributed by atoms with van der Waals surface area (Å²) in [4.78, 5) is 7.60. The van der Waals surface area contributed by atoms with E-state index in [1.165, 1.54) is 31.2 Å². The first kappa shape index (κ1) is 11.3.